The summed E-state index contributed by atoms with van der Waals surface area (Å²) in [6, 6.07) is 0. The summed E-state index contributed by atoms with van der Waals surface area (Å²) in [5.74, 6) is 0.0860. The van der Waals surface area contributed by atoms with Crippen LogP contribution in [0.3, 0.4) is 0 Å². The largest absolute Gasteiger partial charge is 0.336 e. The second-order valence-corrected chi connectivity index (χ2v) is 12.5. The van der Waals surface area contributed by atoms with Gasteiger partial charge in [-0.05, 0) is 71.1 Å². The molecule has 0 saturated heterocycles. The summed E-state index contributed by atoms with van der Waals surface area (Å²) in [7, 11) is 0. The molecule has 0 aromatic rings. The monoisotopic (exact) mass is 589 g/mol. The molecule has 0 spiro atoms. The molecule has 0 aromatic carbocycles. The Morgan fingerprint density at radius 2 is 0.690 bits per heavy atom. The minimum atomic E-state index is -0.295. The average Bonchev–Trinajstić information content (AvgIpc) is 2.97. The Labute approximate surface area is 262 Å². The minimum Gasteiger partial charge on any atom is -0.336 e. The SMILES string of the molecule is CCCCCCCC/C=C/CCCCCCCC(=O)NC(C)NC(=O)CCCCCCC/C=C/CCCCCCCC. The maximum absolute atomic E-state index is 12.2. The smallest absolute Gasteiger partial charge is 0.221 e. The van der Waals surface area contributed by atoms with Crippen LogP contribution in [0.1, 0.15) is 201 Å². The van der Waals surface area contributed by atoms with Crippen LogP contribution in [-0.4, -0.2) is 18.0 Å². The topological polar surface area (TPSA) is 58.2 Å². The second kappa shape index (κ2) is 33.9. The number of nitrogens with one attached hydrogen (secondary N) is 2. The molecule has 0 aromatic heterocycles. The first-order valence-electron chi connectivity index (χ1n) is 18.5. The van der Waals surface area contributed by atoms with E-state index in [0.29, 0.717) is 12.8 Å². The zero-order valence-electron chi connectivity index (χ0n) is 28.5. The molecule has 246 valence electrons. The number of unbranched alkanes of at least 4 members (excludes halogenated alkanes) is 22. The zero-order valence-corrected chi connectivity index (χ0v) is 28.5. The molecule has 4 heteroatoms. The Hall–Kier alpha value is -1.58. The third-order valence-electron chi connectivity index (χ3n) is 8.09. The Kier molecular flexibility index (Phi) is 32.6. The van der Waals surface area contributed by atoms with Crippen molar-refractivity contribution < 1.29 is 9.59 Å². The second-order valence-electron chi connectivity index (χ2n) is 12.5. The normalized spacial score (nSPS) is 11.7. The number of hydrogen-bond donors (Lipinski definition) is 2. The molecule has 0 atom stereocenters. The first kappa shape index (κ1) is 40.4. The molecule has 0 aliphatic rings. The highest BCUT2D eigenvalue weighted by Crippen LogP contribution is 2.11. The van der Waals surface area contributed by atoms with Gasteiger partial charge < -0.3 is 10.6 Å². The molecule has 0 rings (SSSR count). The van der Waals surface area contributed by atoms with Crippen molar-refractivity contribution in [3.8, 4) is 0 Å². The molecular weight excluding hydrogens is 516 g/mol. The van der Waals surface area contributed by atoms with Crippen LogP contribution >= 0.6 is 0 Å². The first-order valence-corrected chi connectivity index (χ1v) is 18.5. The number of allylic oxidation sites excluding steroid dienone is 4. The summed E-state index contributed by atoms with van der Waals surface area (Å²) in [6.45, 7) is 6.39. The molecule has 0 aliphatic carbocycles. The Morgan fingerprint density at radius 3 is 1.00 bits per heavy atom. The van der Waals surface area contributed by atoms with E-state index in [0.717, 1.165) is 25.7 Å². The van der Waals surface area contributed by atoms with Crippen LogP contribution < -0.4 is 10.6 Å². The number of carbonyl (C=O) groups excluding carboxylic acids is 2. The standard InChI is InChI=1S/C38H72N2O2/c1-4-6-8-10-12-14-16-18-20-22-24-26-28-30-32-34-37(41)39-36(3)40-38(42)35-33-31-29-27-25-23-21-19-17-15-13-11-9-7-5-2/h18-21,36H,4-17,22-35H2,1-3H3,(H,39,41)(H,40,42)/b20-18+,21-19+. The Bertz CT molecular complexity index is 589. The van der Waals surface area contributed by atoms with Crippen molar-refractivity contribution in [2.75, 3.05) is 0 Å². The molecule has 0 aliphatic heterocycles. The summed E-state index contributed by atoms with van der Waals surface area (Å²) in [5.41, 5.74) is 0. The quantitative estimate of drug-likeness (QED) is 0.0466. The predicted octanol–water partition coefficient (Wildman–Crippen LogP) is 11.6. The minimum absolute atomic E-state index is 0.0430. The van der Waals surface area contributed by atoms with Crippen molar-refractivity contribution in [3.63, 3.8) is 0 Å². The maximum atomic E-state index is 12.2. The lowest BCUT2D eigenvalue weighted by molar-refractivity contribution is -0.124. The van der Waals surface area contributed by atoms with Crippen LogP contribution in [0.2, 0.25) is 0 Å². The number of carbonyl (C=O) groups is 2. The third-order valence-corrected chi connectivity index (χ3v) is 8.09. The van der Waals surface area contributed by atoms with E-state index in [1.54, 1.807) is 0 Å². The molecule has 2 N–H and O–H groups in total. The predicted molar refractivity (Wildman–Crippen MR) is 185 cm³/mol. The fourth-order valence-electron chi connectivity index (χ4n) is 5.38. The molecule has 0 bridgehead atoms. The van der Waals surface area contributed by atoms with Gasteiger partial charge in [0.2, 0.25) is 11.8 Å². The highest BCUT2D eigenvalue weighted by Gasteiger charge is 2.10. The molecule has 0 unspecified atom stereocenters. The lowest BCUT2D eigenvalue weighted by Gasteiger charge is -2.16. The van der Waals surface area contributed by atoms with E-state index in [1.165, 1.54) is 141 Å². The fourth-order valence-corrected chi connectivity index (χ4v) is 5.38. The van der Waals surface area contributed by atoms with Crippen molar-refractivity contribution >= 4 is 11.8 Å². The van der Waals surface area contributed by atoms with Crippen LogP contribution in [-0.2, 0) is 9.59 Å². The molecule has 0 saturated carbocycles. The Morgan fingerprint density at radius 1 is 0.429 bits per heavy atom. The van der Waals surface area contributed by atoms with E-state index in [9.17, 15) is 9.59 Å². The van der Waals surface area contributed by atoms with Gasteiger partial charge in [0.15, 0.2) is 0 Å². The van der Waals surface area contributed by atoms with E-state index in [2.05, 4.69) is 48.8 Å². The summed E-state index contributed by atoms with van der Waals surface area (Å²) in [5, 5.41) is 5.86. The molecule has 0 fully saturated rings. The Balaban J connectivity index is 3.48. The first-order chi connectivity index (χ1) is 20.6. The third kappa shape index (κ3) is 32.9. The average molecular weight is 589 g/mol. The summed E-state index contributed by atoms with van der Waals surface area (Å²) >= 11 is 0. The highest BCUT2D eigenvalue weighted by atomic mass is 16.2. The molecule has 0 heterocycles. The van der Waals surface area contributed by atoms with Gasteiger partial charge >= 0.3 is 0 Å². The van der Waals surface area contributed by atoms with E-state index < -0.39 is 0 Å². The van der Waals surface area contributed by atoms with Crippen LogP contribution in [0.4, 0.5) is 0 Å². The van der Waals surface area contributed by atoms with Crippen molar-refractivity contribution in [2.24, 2.45) is 0 Å². The molecule has 0 radical (unpaired) electrons. The van der Waals surface area contributed by atoms with Gasteiger partial charge in [-0.1, -0.05) is 141 Å². The summed E-state index contributed by atoms with van der Waals surface area (Å²) < 4.78 is 0. The van der Waals surface area contributed by atoms with Crippen LogP contribution in [0.25, 0.3) is 0 Å². The van der Waals surface area contributed by atoms with Gasteiger partial charge in [0.1, 0.15) is 0 Å². The van der Waals surface area contributed by atoms with Gasteiger partial charge in [0.25, 0.3) is 0 Å². The van der Waals surface area contributed by atoms with Gasteiger partial charge in [-0.15, -0.1) is 0 Å². The van der Waals surface area contributed by atoms with Crippen LogP contribution in [0.5, 0.6) is 0 Å². The van der Waals surface area contributed by atoms with Crippen molar-refractivity contribution in [2.45, 2.75) is 207 Å². The van der Waals surface area contributed by atoms with Gasteiger partial charge in [0, 0.05) is 12.8 Å². The highest BCUT2D eigenvalue weighted by molar-refractivity contribution is 5.79. The molecule has 42 heavy (non-hydrogen) atoms. The van der Waals surface area contributed by atoms with E-state index >= 15 is 0 Å². The number of rotatable bonds is 32. The molecule has 2 amide bonds. The zero-order chi connectivity index (χ0) is 30.8. The van der Waals surface area contributed by atoms with Gasteiger partial charge in [-0.25, -0.2) is 0 Å². The van der Waals surface area contributed by atoms with Crippen LogP contribution in [0, 0.1) is 0 Å². The van der Waals surface area contributed by atoms with Gasteiger partial charge in [-0.3, -0.25) is 9.59 Å². The van der Waals surface area contributed by atoms with Crippen molar-refractivity contribution in [1.82, 2.24) is 10.6 Å². The maximum Gasteiger partial charge on any atom is 0.221 e. The molecular formula is C38H72N2O2. The van der Waals surface area contributed by atoms with Gasteiger partial charge in [-0.2, -0.15) is 0 Å². The lowest BCUT2D eigenvalue weighted by Crippen LogP contribution is -2.45. The van der Waals surface area contributed by atoms with E-state index in [1.807, 2.05) is 6.92 Å². The number of hydrogen-bond acceptors (Lipinski definition) is 2. The van der Waals surface area contributed by atoms with E-state index in [4.69, 9.17) is 0 Å². The summed E-state index contributed by atoms with van der Waals surface area (Å²) in [6.07, 6.45) is 42.9. The van der Waals surface area contributed by atoms with Crippen molar-refractivity contribution in [1.29, 1.82) is 0 Å². The lowest BCUT2D eigenvalue weighted by atomic mass is 10.1. The molecule has 4 nitrogen and oxygen atoms in total. The fraction of sp³-hybridized carbons (Fsp3) is 0.842. The summed E-state index contributed by atoms with van der Waals surface area (Å²) in [4.78, 5) is 24.4. The van der Waals surface area contributed by atoms with E-state index in [-0.39, 0.29) is 18.0 Å². The van der Waals surface area contributed by atoms with Gasteiger partial charge in [0.05, 0.1) is 6.17 Å². The van der Waals surface area contributed by atoms with Crippen LogP contribution in [0.15, 0.2) is 24.3 Å². The number of amides is 2. The van der Waals surface area contributed by atoms with Crippen molar-refractivity contribution in [3.05, 3.63) is 24.3 Å².